The summed E-state index contributed by atoms with van der Waals surface area (Å²) in [6.45, 7) is -2.98. The Kier molecular flexibility index (Phi) is 5.12. The minimum absolute atomic E-state index is 0.0374. The molecule has 2 amide bonds. The molecule has 2 N–H and O–H groups in total. The van der Waals surface area contributed by atoms with Crippen molar-refractivity contribution in [2.45, 2.75) is 19.3 Å². The Morgan fingerprint density at radius 3 is 2.65 bits per heavy atom. The molecular weight excluding hydrogens is 491 g/mol. The van der Waals surface area contributed by atoms with E-state index in [-0.39, 0.29) is 16.9 Å². The van der Waals surface area contributed by atoms with E-state index in [1.54, 1.807) is 24.3 Å². The van der Waals surface area contributed by atoms with E-state index in [1.807, 2.05) is 0 Å². The summed E-state index contributed by atoms with van der Waals surface area (Å²) in [6.07, 6.45) is -3.93. The second-order valence-corrected chi connectivity index (χ2v) is 7.53. The fraction of sp³-hybridized carbons (Fsp3) is 0.200. The van der Waals surface area contributed by atoms with Crippen molar-refractivity contribution in [1.29, 1.82) is 0 Å². The van der Waals surface area contributed by atoms with Gasteiger partial charge >= 0.3 is 6.36 Å². The number of carbonyl (C=O) groups excluding carboxylic acids is 2. The second kappa shape index (κ2) is 10.2. The zero-order valence-electron chi connectivity index (χ0n) is 25.0. The zero-order chi connectivity index (χ0) is 31.7. The van der Waals surface area contributed by atoms with Gasteiger partial charge in [0.15, 0.2) is 5.69 Å². The van der Waals surface area contributed by atoms with Gasteiger partial charge in [-0.15, -0.1) is 13.2 Å². The minimum atomic E-state index is -5.06. The largest absolute Gasteiger partial charge is 0.573 e. The highest BCUT2D eigenvalue weighted by molar-refractivity contribution is 6.05. The van der Waals surface area contributed by atoms with E-state index in [0.29, 0.717) is 10.9 Å². The fourth-order valence-electron chi connectivity index (χ4n) is 3.53. The highest BCUT2D eigenvalue weighted by Crippen LogP contribution is 2.27. The molecule has 0 aliphatic carbocycles. The number of rotatable bonds is 7. The van der Waals surface area contributed by atoms with Crippen LogP contribution < -0.4 is 20.1 Å². The molecule has 0 fully saturated rings. The van der Waals surface area contributed by atoms with Crippen molar-refractivity contribution in [3.63, 3.8) is 0 Å². The molecule has 0 bridgehead atoms. The number of aromatic nitrogens is 3. The van der Waals surface area contributed by atoms with Crippen LogP contribution in [-0.4, -0.2) is 47.0 Å². The third-order valence-electron chi connectivity index (χ3n) is 5.15. The monoisotopic (exact) mass is 519 g/mol. The normalized spacial score (nSPS) is 15.2. The van der Waals surface area contributed by atoms with E-state index in [2.05, 4.69) is 25.5 Å². The van der Waals surface area contributed by atoms with Crippen molar-refractivity contribution in [3.05, 3.63) is 77.6 Å². The summed E-state index contributed by atoms with van der Waals surface area (Å²) in [6, 6.07) is 9.89. The summed E-state index contributed by atoms with van der Waals surface area (Å²) in [7, 11) is -1.66. The van der Waals surface area contributed by atoms with Crippen LogP contribution in [0.25, 0.3) is 16.6 Å². The van der Waals surface area contributed by atoms with Gasteiger partial charge in [-0.1, -0.05) is 30.3 Å². The maximum Gasteiger partial charge on any atom is 0.573 e. The van der Waals surface area contributed by atoms with Gasteiger partial charge in [0.2, 0.25) is 5.88 Å². The molecule has 12 heteroatoms. The molecule has 0 spiro atoms. The molecule has 192 valence electrons. The fourth-order valence-corrected chi connectivity index (χ4v) is 3.53. The van der Waals surface area contributed by atoms with Gasteiger partial charge < -0.3 is 20.1 Å². The number of carbonyl (C=O) groups is 2. The number of pyridine rings is 1. The lowest BCUT2D eigenvalue weighted by Crippen LogP contribution is -2.27. The Labute approximate surface area is 217 Å². The van der Waals surface area contributed by atoms with E-state index in [1.165, 1.54) is 17.8 Å². The molecule has 9 nitrogen and oxygen atoms in total. The van der Waals surface area contributed by atoms with Gasteiger partial charge in [0.25, 0.3) is 11.8 Å². The van der Waals surface area contributed by atoms with Crippen molar-refractivity contribution < 1.29 is 40.5 Å². The number of benzene rings is 2. The van der Waals surface area contributed by atoms with Crippen LogP contribution in [-0.2, 0) is 0 Å². The molecule has 0 aliphatic heterocycles. The first-order valence-corrected chi connectivity index (χ1v) is 10.5. The van der Waals surface area contributed by atoms with E-state index < -0.39 is 55.3 Å². The van der Waals surface area contributed by atoms with Crippen LogP contribution in [0.5, 0.6) is 11.6 Å². The number of hydrogen-bond acceptors (Lipinski definition) is 6. The maximum atomic E-state index is 13.5. The third kappa shape index (κ3) is 5.47. The number of para-hydroxylation sites is 1. The zero-order valence-corrected chi connectivity index (χ0v) is 19.0. The van der Waals surface area contributed by atoms with Gasteiger partial charge in [-0.25, -0.2) is 9.67 Å². The number of alkyl halides is 3. The highest BCUT2D eigenvalue weighted by atomic mass is 19.4. The lowest BCUT2D eigenvalue weighted by atomic mass is 10.1. The topological polar surface area (TPSA) is 107 Å². The number of ether oxygens (including phenoxy) is 2. The van der Waals surface area contributed by atoms with E-state index in [4.69, 9.17) is 13.0 Å². The average Bonchev–Trinajstić information content (AvgIpc) is 3.29. The predicted molar refractivity (Wildman–Crippen MR) is 128 cm³/mol. The SMILES string of the molecule is [2H]C([2H])([2H])Oc1ncc(-n2nc(C(=O)NC)c3ccccc32)cc1C(=O)NC(c1cccc(OC(F)(F)F)c1)C([2H])([2H])[2H]. The van der Waals surface area contributed by atoms with E-state index in [9.17, 15) is 22.8 Å². The Bertz CT molecular complexity index is 1670. The summed E-state index contributed by atoms with van der Waals surface area (Å²) in [4.78, 5) is 29.9. The Morgan fingerprint density at radius 1 is 1.11 bits per heavy atom. The summed E-state index contributed by atoms with van der Waals surface area (Å²) in [5.41, 5.74) is -0.270. The van der Waals surface area contributed by atoms with Gasteiger partial charge in [-0.05, 0) is 36.7 Å². The van der Waals surface area contributed by atoms with Crippen LogP contribution in [0.1, 0.15) is 47.5 Å². The van der Waals surface area contributed by atoms with Crippen LogP contribution in [0, 0.1) is 0 Å². The first-order valence-electron chi connectivity index (χ1n) is 13.5. The molecule has 0 aliphatic rings. The minimum Gasteiger partial charge on any atom is -0.480 e. The summed E-state index contributed by atoms with van der Waals surface area (Å²) >= 11 is 0. The lowest BCUT2D eigenvalue weighted by molar-refractivity contribution is -0.274. The van der Waals surface area contributed by atoms with Crippen molar-refractivity contribution in [2.24, 2.45) is 0 Å². The standard InChI is InChI=1S/C25H22F3N5O4/c1-14(15-7-6-8-17(11-15)37-25(26,27)28)31-22(34)19-12-16(13-30-24(19)36-3)33-20-10-5-4-9-18(20)21(32-33)23(35)29-2/h4-14H,1-3H3,(H,29,35)(H,31,34)/i1D3,3D3. The Balaban J connectivity index is 1.80. The average molecular weight is 520 g/mol. The van der Waals surface area contributed by atoms with Crippen molar-refractivity contribution in [2.75, 3.05) is 14.1 Å². The summed E-state index contributed by atoms with van der Waals surface area (Å²) < 4.78 is 94.5. The number of nitrogens with zero attached hydrogens (tertiary/aromatic N) is 3. The Hall–Kier alpha value is -4.61. The van der Waals surface area contributed by atoms with Crippen molar-refractivity contribution in [3.8, 4) is 17.3 Å². The number of amides is 2. The lowest BCUT2D eigenvalue weighted by Gasteiger charge is -2.17. The second-order valence-electron chi connectivity index (χ2n) is 7.53. The summed E-state index contributed by atoms with van der Waals surface area (Å²) in [5.74, 6) is -3.11. The first-order chi connectivity index (χ1) is 20.0. The molecule has 2 aromatic carbocycles. The molecule has 4 aromatic rings. The Morgan fingerprint density at radius 2 is 1.92 bits per heavy atom. The van der Waals surface area contributed by atoms with Gasteiger partial charge in [-0.3, -0.25) is 9.59 Å². The molecule has 1 atom stereocenters. The molecule has 0 radical (unpaired) electrons. The molecule has 37 heavy (non-hydrogen) atoms. The van der Waals surface area contributed by atoms with Crippen LogP contribution in [0.4, 0.5) is 13.2 Å². The number of methoxy groups -OCH3 is 1. The van der Waals surface area contributed by atoms with Crippen molar-refractivity contribution in [1.82, 2.24) is 25.4 Å². The van der Waals surface area contributed by atoms with Gasteiger partial charge in [-0.2, -0.15) is 5.10 Å². The molecular formula is C25H22F3N5O4. The molecule has 2 heterocycles. The molecule has 0 saturated heterocycles. The van der Waals surface area contributed by atoms with E-state index >= 15 is 0 Å². The number of hydrogen-bond donors (Lipinski definition) is 2. The number of fused-ring (bicyclic) bond motifs is 1. The smallest absolute Gasteiger partial charge is 0.480 e. The van der Waals surface area contributed by atoms with Gasteiger partial charge in [0, 0.05) is 16.5 Å². The maximum absolute atomic E-state index is 13.5. The predicted octanol–water partition coefficient (Wildman–Crippen LogP) is 4.18. The third-order valence-corrected chi connectivity index (χ3v) is 5.15. The van der Waals surface area contributed by atoms with Crippen LogP contribution in [0.2, 0.25) is 0 Å². The molecule has 2 aromatic heterocycles. The van der Waals surface area contributed by atoms with Crippen LogP contribution >= 0.6 is 0 Å². The number of nitrogens with one attached hydrogen (secondary N) is 2. The first kappa shape index (κ1) is 18.6. The van der Waals surface area contributed by atoms with E-state index in [0.717, 1.165) is 30.5 Å². The highest BCUT2D eigenvalue weighted by Gasteiger charge is 2.31. The molecule has 0 saturated carbocycles. The van der Waals surface area contributed by atoms with Crippen LogP contribution in [0.3, 0.4) is 0 Å². The molecule has 4 rings (SSSR count). The number of halogens is 3. The quantitative estimate of drug-likeness (QED) is 0.380. The van der Waals surface area contributed by atoms with Gasteiger partial charge in [0.05, 0.1) is 34.6 Å². The van der Waals surface area contributed by atoms with Crippen LogP contribution in [0.15, 0.2) is 60.8 Å². The summed E-state index contributed by atoms with van der Waals surface area (Å²) in [5, 5.41) is 9.44. The van der Waals surface area contributed by atoms with Crippen molar-refractivity contribution >= 4 is 22.7 Å². The molecule has 1 unspecified atom stereocenters. The van der Waals surface area contributed by atoms with Gasteiger partial charge in [0.1, 0.15) is 11.3 Å².